The Morgan fingerprint density at radius 3 is 2.36 bits per heavy atom. The Morgan fingerprint density at radius 2 is 1.80 bits per heavy atom. The quantitative estimate of drug-likeness (QED) is 0.566. The van der Waals surface area contributed by atoms with Crippen molar-refractivity contribution in [1.82, 2.24) is 10.6 Å². The summed E-state index contributed by atoms with van der Waals surface area (Å²) in [5.41, 5.74) is -1.25. The van der Waals surface area contributed by atoms with Crippen molar-refractivity contribution in [3.8, 4) is 0 Å². The highest BCUT2D eigenvalue weighted by atomic mass is 35.5. The van der Waals surface area contributed by atoms with Gasteiger partial charge in [0.1, 0.15) is 0 Å². The molecule has 0 aromatic heterocycles. The average molecular weight is 389 g/mol. The van der Waals surface area contributed by atoms with Crippen molar-refractivity contribution < 1.29 is 19.5 Å². The lowest BCUT2D eigenvalue weighted by atomic mass is 9.91. The third-order valence-electron chi connectivity index (χ3n) is 3.77. The molecule has 138 valence electrons. The molecule has 0 radical (unpaired) electrons. The first-order chi connectivity index (χ1) is 11.7. The minimum absolute atomic E-state index is 0.0865. The van der Waals surface area contributed by atoms with E-state index in [1.165, 1.54) is 32.0 Å². The van der Waals surface area contributed by atoms with Crippen LogP contribution in [0.15, 0.2) is 18.2 Å². The van der Waals surface area contributed by atoms with Crippen LogP contribution < -0.4 is 10.6 Å². The highest BCUT2D eigenvalue weighted by molar-refractivity contribution is 6.42. The Hall–Kier alpha value is -1.79. The highest BCUT2D eigenvalue weighted by Crippen LogP contribution is 2.29. The molecular weight excluding hydrogens is 367 g/mol. The smallest absolute Gasteiger partial charge is 0.333 e. The molecule has 1 rings (SSSR count). The van der Waals surface area contributed by atoms with E-state index in [1.807, 2.05) is 0 Å². The van der Waals surface area contributed by atoms with E-state index in [9.17, 15) is 19.5 Å². The Bertz CT molecular complexity index is 652. The monoisotopic (exact) mass is 388 g/mol. The van der Waals surface area contributed by atoms with Crippen LogP contribution in [0.1, 0.15) is 45.1 Å². The number of carboxylic acid groups (broad SMARTS) is 1. The van der Waals surface area contributed by atoms with E-state index in [2.05, 4.69) is 10.6 Å². The normalized spacial score (nSPS) is 13.0. The summed E-state index contributed by atoms with van der Waals surface area (Å²) in [6.45, 7) is 3.42. The highest BCUT2D eigenvalue weighted by Gasteiger charge is 2.37. The van der Waals surface area contributed by atoms with Gasteiger partial charge in [-0.05, 0) is 37.5 Å². The number of carbonyl (C=O) groups excluding carboxylic acids is 2. The topological polar surface area (TPSA) is 95.5 Å². The minimum Gasteiger partial charge on any atom is -0.479 e. The Labute approximate surface area is 156 Å². The first-order valence-electron chi connectivity index (χ1n) is 7.91. The largest absolute Gasteiger partial charge is 0.479 e. The Morgan fingerprint density at radius 1 is 1.12 bits per heavy atom. The molecule has 1 atom stereocenters. The molecule has 8 heteroatoms. The third kappa shape index (κ3) is 6.55. The number of nitrogens with one attached hydrogen (secondary N) is 2. The summed E-state index contributed by atoms with van der Waals surface area (Å²) in [4.78, 5) is 34.6. The van der Waals surface area contributed by atoms with Crippen LogP contribution in [-0.2, 0) is 19.9 Å². The number of carboxylic acids is 1. The number of carbonyl (C=O) groups is 3. The molecule has 0 aliphatic carbocycles. The van der Waals surface area contributed by atoms with Gasteiger partial charge in [-0.15, -0.1) is 0 Å². The number of aliphatic carboxylic acids is 1. The average Bonchev–Trinajstić information content (AvgIpc) is 2.52. The molecule has 6 nitrogen and oxygen atoms in total. The number of hydrogen-bond donors (Lipinski definition) is 3. The van der Waals surface area contributed by atoms with Crippen LogP contribution in [0.25, 0.3) is 0 Å². The van der Waals surface area contributed by atoms with Crippen LogP contribution in [0, 0.1) is 0 Å². The van der Waals surface area contributed by atoms with Crippen molar-refractivity contribution in [2.24, 2.45) is 0 Å². The summed E-state index contributed by atoms with van der Waals surface area (Å²) in [7, 11) is 0. The summed E-state index contributed by atoms with van der Waals surface area (Å²) in [6.07, 6.45) is 2.31. The van der Waals surface area contributed by atoms with Gasteiger partial charge in [-0.2, -0.15) is 0 Å². The molecule has 0 aliphatic heterocycles. The van der Waals surface area contributed by atoms with Crippen LogP contribution in [0.2, 0.25) is 10.0 Å². The molecule has 1 aromatic carbocycles. The number of halogens is 2. The van der Waals surface area contributed by atoms with Crippen LogP contribution in [-0.4, -0.2) is 29.4 Å². The van der Waals surface area contributed by atoms with E-state index in [-0.39, 0.29) is 23.3 Å². The number of benzene rings is 1. The molecule has 0 aliphatic rings. The maximum absolute atomic E-state index is 12.1. The lowest BCUT2D eigenvalue weighted by Gasteiger charge is -2.27. The van der Waals surface area contributed by atoms with E-state index in [0.717, 1.165) is 12.8 Å². The van der Waals surface area contributed by atoms with Gasteiger partial charge in [0.15, 0.2) is 5.54 Å². The fourth-order valence-corrected chi connectivity index (χ4v) is 2.55. The van der Waals surface area contributed by atoms with Gasteiger partial charge in [-0.25, -0.2) is 4.79 Å². The zero-order valence-electron chi connectivity index (χ0n) is 14.2. The van der Waals surface area contributed by atoms with Crippen LogP contribution >= 0.6 is 23.2 Å². The summed E-state index contributed by atoms with van der Waals surface area (Å²) in [6, 6.07) is 4.45. The predicted molar refractivity (Wildman–Crippen MR) is 96.7 cm³/mol. The Balaban J connectivity index is 2.62. The van der Waals surface area contributed by atoms with Gasteiger partial charge in [-0.1, -0.05) is 35.7 Å². The zero-order valence-corrected chi connectivity index (χ0v) is 15.7. The van der Waals surface area contributed by atoms with Crippen molar-refractivity contribution in [2.75, 3.05) is 6.54 Å². The van der Waals surface area contributed by atoms with E-state index in [0.29, 0.717) is 23.6 Å². The van der Waals surface area contributed by atoms with Crippen molar-refractivity contribution in [3.63, 3.8) is 0 Å². The molecule has 3 N–H and O–H groups in total. The number of amides is 2. The standard InChI is InChI=1S/C17H22Cl2N2O4/c1-11(22)20-9-5-3-4-6-15(23)21-17(2,16(24)25)12-7-8-13(18)14(19)10-12/h7-8,10H,3-6,9H2,1-2H3,(H,20,22)(H,21,23)(H,24,25). The molecule has 1 aromatic rings. The van der Waals surface area contributed by atoms with Gasteiger partial charge >= 0.3 is 5.97 Å². The molecule has 0 saturated heterocycles. The lowest BCUT2D eigenvalue weighted by Crippen LogP contribution is -2.49. The van der Waals surface area contributed by atoms with Gasteiger partial charge in [0.25, 0.3) is 0 Å². The van der Waals surface area contributed by atoms with Gasteiger partial charge in [0, 0.05) is 19.9 Å². The number of unbranched alkanes of at least 4 members (excludes halogenated alkanes) is 2. The van der Waals surface area contributed by atoms with E-state index < -0.39 is 11.5 Å². The molecular formula is C17H22Cl2N2O4. The number of rotatable bonds is 9. The molecule has 0 bridgehead atoms. The van der Waals surface area contributed by atoms with Gasteiger partial charge < -0.3 is 15.7 Å². The molecule has 1 unspecified atom stereocenters. The molecule has 0 saturated carbocycles. The molecule has 25 heavy (non-hydrogen) atoms. The van der Waals surface area contributed by atoms with Crippen molar-refractivity contribution in [2.45, 2.75) is 45.1 Å². The van der Waals surface area contributed by atoms with Crippen molar-refractivity contribution in [1.29, 1.82) is 0 Å². The number of hydrogen-bond acceptors (Lipinski definition) is 3. The maximum Gasteiger partial charge on any atom is 0.333 e. The first kappa shape index (κ1) is 21.3. The van der Waals surface area contributed by atoms with Crippen LogP contribution in [0.4, 0.5) is 0 Å². The molecule has 2 amide bonds. The Kier molecular flexibility index (Phi) is 8.19. The van der Waals surface area contributed by atoms with E-state index >= 15 is 0 Å². The first-order valence-corrected chi connectivity index (χ1v) is 8.67. The minimum atomic E-state index is -1.60. The molecule has 0 fully saturated rings. The fraction of sp³-hybridized carbons (Fsp3) is 0.471. The summed E-state index contributed by atoms with van der Waals surface area (Å²) < 4.78 is 0. The second-order valence-corrected chi connectivity index (χ2v) is 6.72. The second-order valence-electron chi connectivity index (χ2n) is 5.90. The molecule has 0 heterocycles. The summed E-state index contributed by atoms with van der Waals surface area (Å²) in [5.74, 6) is -1.64. The van der Waals surface area contributed by atoms with E-state index in [1.54, 1.807) is 0 Å². The van der Waals surface area contributed by atoms with Gasteiger partial charge in [0.05, 0.1) is 10.0 Å². The summed E-state index contributed by atoms with van der Waals surface area (Å²) >= 11 is 11.8. The van der Waals surface area contributed by atoms with Crippen LogP contribution in [0.3, 0.4) is 0 Å². The SMILES string of the molecule is CC(=O)NCCCCCC(=O)NC(C)(C(=O)O)c1ccc(Cl)c(Cl)c1. The second kappa shape index (κ2) is 9.63. The van der Waals surface area contributed by atoms with Gasteiger partial charge in [0.2, 0.25) is 11.8 Å². The van der Waals surface area contributed by atoms with Crippen molar-refractivity contribution >= 4 is 41.0 Å². The summed E-state index contributed by atoms with van der Waals surface area (Å²) in [5, 5.41) is 15.3. The lowest BCUT2D eigenvalue weighted by molar-refractivity contribution is -0.147. The third-order valence-corrected chi connectivity index (χ3v) is 4.51. The van der Waals surface area contributed by atoms with E-state index in [4.69, 9.17) is 23.2 Å². The maximum atomic E-state index is 12.1. The predicted octanol–water partition coefficient (Wildman–Crippen LogP) is 3.11. The van der Waals surface area contributed by atoms with Crippen LogP contribution in [0.5, 0.6) is 0 Å². The van der Waals surface area contributed by atoms with Crippen molar-refractivity contribution in [3.05, 3.63) is 33.8 Å². The fourth-order valence-electron chi connectivity index (χ4n) is 2.25. The zero-order chi connectivity index (χ0) is 19.0. The molecule has 0 spiro atoms. The van der Waals surface area contributed by atoms with Gasteiger partial charge in [-0.3, -0.25) is 9.59 Å².